The van der Waals surface area contributed by atoms with E-state index in [1.165, 1.54) is 30.2 Å². The summed E-state index contributed by atoms with van der Waals surface area (Å²) in [5.41, 5.74) is 0.480. The molecule has 0 unspecified atom stereocenters. The van der Waals surface area contributed by atoms with E-state index in [4.69, 9.17) is 4.74 Å². The number of aromatic nitrogens is 3. The molecule has 0 atom stereocenters. The molecular formula is C15H18N4O3S2. The summed E-state index contributed by atoms with van der Waals surface area (Å²) in [6.45, 7) is 2.84. The minimum absolute atomic E-state index is 0.192. The Morgan fingerprint density at radius 1 is 1.46 bits per heavy atom. The van der Waals surface area contributed by atoms with Crippen molar-refractivity contribution in [3.8, 4) is 0 Å². The molecule has 2 aromatic rings. The van der Waals surface area contributed by atoms with Crippen LogP contribution in [0.1, 0.15) is 41.2 Å². The highest BCUT2D eigenvalue weighted by Gasteiger charge is 2.30. The molecule has 1 amide bonds. The van der Waals surface area contributed by atoms with Gasteiger partial charge in [0.2, 0.25) is 5.91 Å². The molecule has 24 heavy (non-hydrogen) atoms. The van der Waals surface area contributed by atoms with E-state index in [1.807, 2.05) is 6.92 Å². The molecule has 1 aliphatic rings. The van der Waals surface area contributed by atoms with Gasteiger partial charge in [0.05, 0.1) is 18.6 Å². The van der Waals surface area contributed by atoms with Crippen LogP contribution >= 0.6 is 23.1 Å². The second-order valence-electron chi connectivity index (χ2n) is 5.35. The number of hydrogen-bond acceptors (Lipinski definition) is 7. The van der Waals surface area contributed by atoms with E-state index in [0.717, 1.165) is 30.4 Å². The van der Waals surface area contributed by atoms with Crippen LogP contribution in [0.25, 0.3) is 0 Å². The number of carbonyl (C=O) groups excluding carboxylic acids is 2. The third kappa shape index (κ3) is 3.62. The third-order valence-electron chi connectivity index (χ3n) is 3.65. The summed E-state index contributed by atoms with van der Waals surface area (Å²) in [4.78, 5) is 24.2. The number of thiophene rings is 1. The number of nitrogens with one attached hydrogen (secondary N) is 1. The molecule has 1 aliphatic carbocycles. The van der Waals surface area contributed by atoms with Gasteiger partial charge in [0, 0.05) is 12.5 Å². The molecule has 0 aliphatic heterocycles. The van der Waals surface area contributed by atoms with Crippen molar-refractivity contribution in [2.75, 3.05) is 18.2 Å². The largest absolute Gasteiger partial charge is 0.465 e. The summed E-state index contributed by atoms with van der Waals surface area (Å²) in [5, 5.41) is 13.7. The maximum Gasteiger partial charge on any atom is 0.350 e. The van der Waals surface area contributed by atoms with Crippen LogP contribution in [0.5, 0.6) is 0 Å². The lowest BCUT2D eigenvalue weighted by Gasteiger charge is -2.07. The van der Waals surface area contributed by atoms with Crippen LogP contribution in [0.2, 0.25) is 0 Å². The number of rotatable bonds is 7. The van der Waals surface area contributed by atoms with E-state index in [2.05, 4.69) is 20.1 Å². The fourth-order valence-corrected chi connectivity index (χ4v) is 3.90. The van der Waals surface area contributed by atoms with Crippen molar-refractivity contribution in [1.82, 2.24) is 14.8 Å². The van der Waals surface area contributed by atoms with Gasteiger partial charge in [-0.2, -0.15) is 0 Å². The van der Waals surface area contributed by atoms with Gasteiger partial charge in [-0.3, -0.25) is 4.79 Å². The summed E-state index contributed by atoms with van der Waals surface area (Å²) in [7, 11) is 1.32. The lowest BCUT2D eigenvalue weighted by atomic mass is 10.4. The van der Waals surface area contributed by atoms with Gasteiger partial charge in [-0.15, -0.1) is 21.5 Å². The number of methoxy groups -OCH3 is 1. The molecule has 0 radical (unpaired) electrons. The number of hydrogen-bond donors (Lipinski definition) is 1. The molecular weight excluding hydrogens is 348 g/mol. The van der Waals surface area contributed by atoms with Crippen molar-refractivity contribution in [3.05, 3.63) is 22.1 Å². The number of carbonyl (C=O) groups is 2. The first-order valence-electron chi connectivity index (χ1n) is 7.65. The maximum atomic E-state index is 12.2. The number of nitrogens with zero attached hydrogens (tertiary/aromatic N) is 3. The summed E-state index contributed by atoms with van der Waals surface area (Å²) < 4.78 is 6.77. The van der Waals surface area contributed by atoms with E-state index in [-0.39, 0.29) is 11.7 Å². The van der Waals surface area contributed by atoms with Crippen LogP contribution in [0, 0.1) is 0 Å². The van der Waals surface area contributed by atoms with E-state index >= 15 is 0 Å². The predicted octanol–water partition coefficient (Wildman–Crippen LogP) is 2.75. The zero-order valence-electron chi connectivity index (χ0n) is 13.4. The smallest absolute Gasteiger partial charge is 0.350 e. The van der Waals surface area contributed by atoms with Gasteiger partial charge < -0.3 is 14.6 Å². The number of ether oxygens (including phenoxy) is 1. The van der Waals surface area contributed by atoms with Crippen LogP contribution in [0.3, 0.4) is 0 Å². The van der Waals surface area contributed by atoms with Crippen LogP contribution < -0.4 is 5.32 Å². The lowest BCUT2D eigenvalue weighted by molar-refractivity contribution is -0.113. The topological polar surface area (TPSA) is 86.1 Å². The minimum Gasteiger partial charge on any atom is -0.465 e. The van der Waals surface area contributed by atoms with E-state index in [1.54, 1.807) is 11.4 Å². The predicted molar refractivity (Wildman–Crippen MR) is 92.7 cm³/mol. The first-order chi connectivity index (χ1) is 11.6. The van der Waals surface area contributed by atoms with Crippen molar-refractivity contribution in [2.45, 2.75) is 37.4 Å². The third-order valence-corrected chi connectivity index (χ3v) is 5.51. The molecule has 9 heteroatoms. The Morgan fingerprint density at radius 2 is 2.25 bits per heavy atom. The summed E-state index contributed by atoms with van der Waals surface area (Å²) >= 11 is 2.59. The van der Waals surface area contributed by atoms with Crippen molar-refractivity contribution < 1.29 is 14.3 Å². The highest BCUT2D eigenvalue weighted by atomic mass is 32.2. The van der Waals surface area contributed by atoms with E-state index in [9.17, 15) is 9.59 Å². The van der Waals surface area contributed by atoms with Crippen molar-refractivity contribution in [1.29, 1.82) is 0 Å². The van der Waals surface area contributed by atoms with Gasteiger partial charge >= 0.3 is 5.97 Å². The van der Waals surface area contributed by atoms with Crippen molar-refractivity contribution in [2.24, 2.45) is 0 Å². The molecule has 1 N–H and O–H groups in total. The maximum absolute atomic E-state index is 12.2. The van der Waals surface area contributed by atoms with Crippen molar-refractivity contribution >= 4 is 40.7 Å². The molecule has 1 saturated carbocycles. The Hall–Kier alpha value is -1.87. The molecule has 1 fully saturated rings. The molecule has 0 saturated heterocycles. The Morgan fingerprint density at radius 3 is 2.92 bits per heavy atom. The molecule has 128 valence electrons. The lowest BCUT2D eigenvalue weighted by Crippen LogP contribution is -2.16. The van der Waals surface area contributed by atoms with Gasteiger partial charge in [0.25, 0.3) is 0 Å². The number of thioether (sulfide) groups is 1. The van der Waals surface area contributed by atoms with Gasteiger partial charge in [0.15, 0.2) is 5.16 Å². The summed E-state index contributed by atoms with van der Waals surface area (Å²) in [6, 6.07) is 1.69. The van der Waals surface area contributed by atoms with Crippen molar-refractivity contribution in [3.63, 3.8) is 0 Å². The quantitative estimate of drug-likeness (QED) is 0.599. The normalized spacial score (nSPS) is 13.8. The fraction of sp³-hybridized carbons (Fsp3) is 0.467. The average molecular weight is 366 g/mol. The molecule has 7 nitrogen and oxygen atoms in total. The van der Waals surface area contributed by atoms with Gasteiger partial charge in [-0.05, 0) is 31.2 Å². The first kappa shape index (κ1) is 17.0. The first-order valence-corrected chi connectivity index (χ1v) is 9.52. The molecule has 2 heterocycles. The average Bonchev–Trinajstić information content (AvgIpc) is 3.18. The fourth-order valence-electron chi connectivity index (χ4n) is 2.32. The van der Waals surface area contributed by atoms with Gasteiger partial charge in [-0.25, -0.2) is 4.79 Å². The highest BCUT2D eigenvalue weighted by Crippen LogP contribution is 2.40. The van der Waals surface area contributed by atoms with Gasteiger partial charge in [-0.1, -0.05) is 11.8 Å². The molecule has 0 spiro atoms. The molecule has 0 bridgehead atoms. The molecule has 2 aromatic heterocycles. The Bertz CT molecular complexity index is 752. The standard InChI is InChI=1S/C15H18N4O3S2/c1-3-19-13(9-4-5-9)17-18-15(19)24-8-11(20)16-10-6-7-23-12(10)14(21)22-2/h6-7,9H,3-5,8H2,1-2H3,(H,16,20). The number of anilines is 1. The van der Waals surface area contributed by atoms with E-state index in [0.29, 0.717) is 16.5 Å². The molecule has 0 aromatic carbocycles. The second kappa shape index (κ2) is 7.35. The Labute approximate surface area is 147 Å². The SMILES string of the molecule is CCn1c(SCC(=O)Nc2ccsc2C(=O)OC)nnc1C1CC1. The molecule has 3 rings (SSSR count). The van der Waals surface area contributed by atoms with Crippen LogP contribution in [-0.2, 0) is 16.1 Å². The zero-order chi connectivity index (χ0) is 17.1. The monoisotopic (exact) mass is 366 g/mol. The van der Waals surface area contributed by atoms with Crippen LogP contribution in [0.15, 0.2) is 16.6 Å². The Balaban J connectivity index is 1.60. The minimum atomic E-state index is -0.451. The summed E-state index contributed by atoms with van der Waals surface area (Å²) in [6.07, 6.45) is 2.33. The van der Waals surface area contributed by atoms with E-state index < -0.39 is 5.97 Å². The summed E-state index contributed by atoms with van der Waals surface area (Å²) in [5.74, 6) is 1.11. The zero-order valence-corrected chi connectivity index (χ0v) is 15.1. The highest BCUT2D eigenvalue weighted by molar-refractivity contribution is 7.99. The number of esters is 1. The van der Waals surface area contributed by atoms with Crippen LogP contribution in [0.4, 0.5) is 5.69 Å². The number of amides is 1. The van der Waals surface area contributed by atoms with Crippen LogP contribution in [-0.4, -0.2) is 39.5 Å². The Kier molecular flexibility index (Phi) is 5.20. The second-order valence-corrected chi connectivity index (χ2v) is 7.21. The van der Waals surface area contributed by atoms with Gasteiger partial charge in [0.1, 0.15) is 10.7 Å².